The number of rotatable bonds is 7. The quantitative estimate of drug-likeness (QED) is 0.0376. The number of para-hydroxylation sites is 3. The first-order chi connectivity index (χ1) is 46.0. The summed E-state index contributed by atoms with van der Waals surface area (Å²) in [6.45, 7) is 23.0. The van der Waals surface area contributed by atoms with E-state index in [1.54, 1.807) is 66.8 Å². The van der Waals surface area contributed by atoms with Gasteiger partial charge in [-0.1, -0.05) is 153 Å². The van der Waals surface area contributed by atoms with Crippen molar-refractivity contribution in [1.82, 2.24) is 16.0 Å². The molecule has 6 aromatic carbocycles. The third kappa shape index (κ3) is 28.7. The molecule has 5 amide bonds. The van der Waals surface area contributed by atoms with Crippen LogP contribution in [0.15, 0.2) is 164 Å². The fraction of sp³-hybridized carbons (Fsp3) is 0.342. The highest BCUT2D eigenvalue weighted by Crippen LogP contribution is 2.24. The summed E-state index contributed by atoms with van der Waals surface area (Å²) in [5, 5.41) is 24.6. The Hall–Kier alpha value is -8.51. The van der Waals surface area contributed by atoms with Gasteiger partial charge < -0.3 is 64.9 Å². The maximum atomic E-state index is 13.0. The van der Waals surface area contributed by atoms with Gasteiger partial charge in [0.25, 0.3) is 29.5 Å². The van der Waals surface area contributed by atoms with E-state index in [0.717, 1.165) is 56.5 Å². The molecule has 0 spiro atoms. The molecule has 6 aromatic rings. The van der Waals surface area contributed by atoms with Crippen molar-refractivity contribution in [1.29, 1.82) is 0 Å². The molecule has 0 aromatic heterocycles. The van der Waals surface area contributed by atoms with Crippen LogP contribution in [0.5, 0.6) is 0 Å². The van der Waals surface area contributed by atoms with Crippen LogP contribution in [0.1, 0.15) is 108 Å². The number of aryl methyl sites for hydroxylation is 6. The van der Waals surface area contributed by atoms with Gasteiger partial charge in [-0.25, -0.2) is 4.85 Å². The molecule has 99 heavy (non-hydrogen) atoms. The van der Waals surface area contributed by atoms with E-state index in [9.17, 15) is 38.7 Å². The van der Waals surface area contributed by atoms with Crippen molar-refractivity contribution in [2.75, 3.05) is 70.1 Å². The molecule has 0 saturated carbocycles. The number of amides is 5. The maximum Gasteiger partial charge on any atom is 0.294 e. The van der Waals surface area contributed by atoms with Crippen LogP contribution in [-0.2, 0) is 67.4 Å². The Labute approximate surface area is 603 Å². The molecule has 1 unspecified atom stereocenters. The van der Waals surface area contributed by atoms with Gasteiger partial charge in [-0.05, 0) is 129 Å². The van der Waals surface area contributed by atoms with Gasteiger partial charge in [0.05, 0.1) is 97.9 Å². The molecule has 0 radical (unpaired) electrons. The number of nitrogens with zero attached hydrogens (tertiary/aromatic N) is 1. The zero-order valence-corrected chi connectivity index (χ0v) is 59.3. The molecule has 0 saturated heterocycles. The third-order valence-electron chi connectivity index (χ3n) is 15.3. The largest absolute Gasteiger partial charge is 0.381 e. The number of anilines is 2. The Morgan fingerprint density at radius 3 is 1.26 bits per heavy atom. The maximum absolute atomic E-state index is 13.0. The number of hydrogen-bond acceptors (Lipinski definition) is 14. The SMILES string of the molecule is C.Cc1cccc(C)c1NC(=O)C(=O)[C@@H]1C/C=C\COCCOCc2ccccc2C(=O)N1.Cc1cccc(C)c1NC(=O)C(O)[C@@H]1C/C=C\COCCOCc2ccccc2C(=O)N1.O=C[C@@H]1C/C=C\COCCOCc2ccccc2C(=O)N1.S.S.S.[C-]#[N+]c1c(C)cccc1C. The van der Waals surface area contributed by atoms with Crippen LogP contribution < -0.4 is 26.6 Å². The highest BCUT2D eigenvalue weighted by atomic mass is 32.1. The van der Waals surface area contributed by atoms with E-state index in [2.05, 4.69) is 31.4 Å². The number of aliphatic hydroxyl groups excluding tert-OH is 1. The first kappa shape index (κ1) is 86.6. The molecule has 20 nitrogen and oxygen atoms in total. The topological polar surface area (TPSA) is 260 Å². The summed E-state index contributed by atoms with van der Waals surface area (Å²) in [5.41, 5.74) is 11.3. The second kappa shape index (κ2) is 47.5. The molecule has 532 valence electrons. The molecule has 4 atom stereocenters. The van der Waals surface area contributed by atoms with Crippen molar-refractivity contribution in [3.63, 3.8) is 0 Å². The van der Waals surface area contributed by atoms with E-state index in [0.29, 0.717) is 106 Å². The number of fused-ring (bicyclic) bond motifs is 3. The third-order valence-corrected chi connectivity index (χ3v) is 15.3. The summed E-state index contributed by atoms with van der Waals surface area (Å²) < 4.78 is 33.1. The number of aldehydes is 1. The van der Waals surface area contributed by atoms with Gasteiger partial charge in [0.15, 0.2) is 11.8 Å². The Morgan fingerprint density at radius 2 is 0.848 bits per heavy atom. The van der Waals surface area contributed by atoms with Crippen molar-refractivity contribution >= 4 is 99.2 Å². The normalized spacial score (nSPS) is 18.0. The Morgan fingerprint density at radius 1 is 0.485 bits per heavy atom. The molecular weight excluding hydrogens is 1320 g/mol. The lowest BCUT2D eigenvalue weighted by molar-refractivity contribution is -0.135. The van der Waals surface area contributed by atoms with Gasteiger partial charge in [-0.2, -0.15) is 40.5 Å². The Kier molecular flexibility index (Phi) is 41.5. The highest BCUT2D eigenvalue weighted by Gasteiger charge is 2.30. The lowest BCUT2D eigenvalue weighted by Crippen LogP contribution is -2.48. The summed E-state index contributed by atoms with van der Waals surface area (Å²) >= 11 is 0. The van der Waals surface area contributed by atoms with Crippen LogP contribution >= 0.6 is 40.5 Å². The van der Waals surface area contributed by atoms with E-state index in [1.165, 1.54) is 0 Å². The first-order valence-electron chi connectivity index (χ1n) is 31.4. The number of ether oxygens (including phenoxy) is 6. The second-order valence-corrected chi connectivity index (χ2v) is 22.4. The zero-order chi connectivity index (χ0) is 68.3. The van der Waals surface area contributed by atoms with E-state index in [-0.39, 0.29) is 85.8 Å². The molecule has 3 aliphatic rings. The van der Waals surface area contributed by atoms with E-state index in [4.69, 9.17) is 35.0 Å². The summed E-state index contributed by atoms with van der Waals surface area (Å²) in [6.07, 6.45) is 10.9. The van der Waals surface area contributed by atoms with Gasteiger partial charge in [-0.3, -0.25) is 28.8 Å². The van der Waals surface area contributed by atoms with E-state index < -0.39 is 47.7 Å². The van der Waals surface area contributed by atoms with Crippen LogP contribution in [0.3, 0.4) is 0 Å². The predicted octanol–water partition coefficient (Wildman–Crippen LogP) is 11.3. The summed E-state index contributed by atoms with van der Waals surface area (Å²) in [7, 11) is 0. The average Bonchev–Trinajstić information content (AvgIpc) is 0.881. The fourth-order valence-corrected chi connectivity index (χ4v) is 9.97. The zero-order valence-electron chi connectivity index (χ0n) is 56.3. The average molecular weight is 1410 g/mol. The summed E-state index contributed by atoms with van der Waals surface area (Å²) in [4.78, 5) is 91.4. The monoisotopic (exact) mass is 1410 g/mol. The van der Waals surface area contributed by atoms with Crippen molar-refractivity contribution in [3.8, 4) is 0 Å². The van der Waals surface area contributed by atoms with Crippen LogP contribution in [-0.4, -0.2) is 130 Å². The van der Waals surface area contributed by atoms with E-state index in [1.807, 2.05) is 139 Å². The molecule has 0 bridgehead atoms. The van der Waals surface area contributed by atoms with Crippen LogP contribution in [0.4, 0.5) is 17.1 Å². The summed E-state index contributed by atoms with van der Waals surface area (Å²) in [5.74, 6) is -3.11. The molecule has 23 heteroatoms. The number of aliphatic hydroxyl groups is 1. The van der Waals surface area contributed by atoms with Gasteiger partial charge in [0.2, 0.25) is 5.78 Å². The van der Waals surface area contributed by atoms with Gasteiger partial charge >= 0.3 is 0 Å². The van der Waals surface area contributed by atoms with Crippen LogP contribution in [0, 0.1) is 48.1 Å². The second-order valence-electron chi connectivity index (χ2n) is 22.4. The van der Waals surface area contributed by atoms with Crippen molar-refractivity contribution in [3.05, 3.63) is 242 Å². The van der Waals surface area contributed by atoms with Crippen molar-refractivity contribution in [2.24, 2.45) is 0 Å². The number of nitrogens with one attached hydrogen (secondary N) is 5. The smallest absolute Gasteiger partial charge is 0.294 e. The fourth-order valence-electron chi connectivity index (χ4n) is 9.97. The molecule has 3 heterocycles. The molecule has 6 N–H and O–H groups in total. The standard InChI is InChI=1S/C25H30N2O5.C25H28N2O5.C16H19NO4.C9H9N.CH4.3H2S/c2*1-17-8-7-9-18(2)22(17)27-25(30)23(28)21-12-5-6-13-31-14-15-32-16-19-10-3-4-11-20(19)24(29)26-21;18-11-14-6-3-4-8-20-9-10-21-12-13-5-1-2-7-15(13)16(19)17-14;1-7-5-4-6-8(2)9(7)10-3;;;;/h3-11,21,23,28H,12-16H2,1-2H3,(H,26,29)(H,27,30);3-11,21H,12-16H2,1-2H3,(H,26,29)(H,27,30);1-5,7,11,14H,6,8-10,12H2,(H,17,19);4-6H,1-2H3;1H4;3*1H2/b2*6-5-;4-3-;;;;;/t21-,23?;21-;14-;;;;;/m000...../s1. The molecule has 0 aliphatic carbocycles. The summed E-state index contributed by atoms with van der Waals surface area (Å²) in [6, 6.07) is 36.2. The minimum Gasteiger partial charge on any atom is -0.381 e. The van der Waals surface area contributed by atoms with Crippen LogP contribution in [0.2, 0.25) is 0 Å². The molecule has 9 rings (SSSR count). The predicted molar refractivity (Wildman–Crippen MR) is 402 cm³/mol. The minimum absolute atomic E-state index is 0. The molecule has 3 aliphatic heterocycles. The lowest BCUT2D eigenvalue weighted by Gasteiger charge is -2.24. The molecule has 0 fully saturated rings. The number of Topliss-reactive ketones (excluding diaryl/α,β-unsaturated/α-hetero) is 1. The Balaban J connectivity index is 0.000000470. The number of benzene rings is 6. The van der Waals surface area contributed by atoms with Crippen molar-refractivity contribution in [2.45, 2.75) is 112 Å². The van der Waals surface area contributed by atoms with Crippen molar-refractivity contribution < 1.29 is 67.1 Å². The van der Waals surface area contributed by atoms with Crippen LogP contribution in [0.25, 0.3) is 4.85 Å². The molecular formula is C76H96N6O14S3. The van der Waals surface area contributed by atoms with Gasteiger partial charge in [-0.15, -0.1) is 0 Å². The van der Waals surface area contributed by atoms with E-state index >= 15 is 0 Å². The first-order valence-corrected chi connectivity index (χ1v) is 31.4. The minimum atomic E-state index is -1.44. The highest BCUT2D eigenvalue weighted by molar-refractivity contribution is 7.59. The number of ketones is 1. The number of carbonyl (C=O) groups excluding carboxylic acids is 7. The van der Waals surface area contributed by atoms with Gasteiger partial charge in [0.1, 0.15) is 12.3 Å². The number of carbonyl (C=O) groups is 7. The number of hydrogen-bond donors (Lipinski definition) is 6. The van der Waals surface area contributed by atoms with Gasteiger partial charge in [0, 0.05) is 28.1 Å². The lowest BCUT2D eigenvalue weighted by atomic mass is 10.0. The Bertz CT molecular complexity index is 3650.